The van der Waals surface area contributed by atoms with Gasteiger partial charge in [0, 0.05) is 32.6 Å². The molecule has 0 saturated carbocycles. The van der Waals surface area contributed by atoms with Gasteiger partial charge in [-0.2, -0.15) is 0 Å². The van der Waals surface area contributed by atoms with Crippen LogP contribution < -0.4 is 4.74 Å². The van der Waals surface area contributed by atoms with Crippen molar-refractivity contribution in [3.63, 3.8) is 0 Å². The minimum Gasteiger partial charge on any atom is -0.410 e. The predicted molar refractivity (Wildman–Crippen MR) is 110 cm³/mol. The van der Waals surface area contributed by atoms with Crippen LogP contribution in [0.4, 0.5) is 4.79 Å². The molecule has 4 rings (SSSR count). The Labute approximate surface area is 167 Å². The smallest absolute Gasteiger partial charge is 0.410 e. The molecule has 2 aromatic carbocycles. The van der Waals surface area contributed by atoms with Crippen molar-refractivity contribution >= 4 is 18.5 Å². The maximum absolute atomic E-state index is 12.0. The second kappa shape index (κ2) is 8.32. The van der Waals surface area contributed by atoms with Gasteiger partial charge in [-0.1, -0.05) is 42.5 Å². The Bertz CT molecular complexity index is 794. The molecule has 1 saturated heterocycles. The van der Waals surface area contributed by atoms with Crippen LogP contribution in [-0.2, 0) is 13.0 Å². The monoisotopic (exact) mass is 386 g/mol. The van der Waals surface area contributed by atoms with Gasteiger partial charge < -0.3 is 9.64 Å². The Kier molecular flexibility index (Phi) is 6.08. The van der Waals surface area contributed by atoms with E-state index < -0.39 is 0 Å². The van der Waals surface area contributed by atoms with Gasteiger partial charge in [-0.25, -0.2) is 4.79 Å². The summed E-state index contributed by atoms with van der Waals surface area (Å²) in [5.41, 5.74) is 3.99. The highest BCUT2D eigenvalue weighted by molar-refractivity contribution is 5.85. The van der Waals surface area contributed by atoms with Gasteiger partial charge in [0.1, 0.15) is 5.75 Å². The van der Waals surface area contributed by atoms with Crippen molar-refractivity contribution in [2.45, 2.75) is 37.8 Å². The van der Waals surface area contributed by atoms with Crippen LogP contribution in [0, 0.1) is 0 Å². The summed E-state index contributed by atoms with van der Waals surface area (Å²) in [6.45, 7) is 2.15. The Morgan fingerprint density at radius 3 is 2.63 bits per heavy atom. The standard InChI is InChI=1S/C22H26N2O2.ClH/c1-23(2)22(25)26-21-10-6-9-17-18-13-14-24(20(18)12-11-19(17)21)15-16-7-4-3-5-8-16;/h3-10,18,20H,11-15H2,1-2H3;1H/t18-,20+;/m0./s1. The van der Waals surface area contributed by atoms with Gasteiger partial charge in [0.2, 0.25) is 0 Å². The van der Waals surface area contributed by atoms with Gasteiger partial charge >= 0.3 is 6.09 Å². The van der Waals surface area contributed by atoms with E-state index in [0.29, 0.717) is 12.0 Å². The predicted octanol–water partition coefficient (Wildman–Crippen LogP) is 4.47. The third kappa shape index (κ3) is 3.97. The zero-order valence-corrected chi connectivity index (χ0v) is 16.7. The van der Waals surface area contributed by atoms with E-state index in [4.69, 9.17) is 4.74 Å². The average molecular weight is 387 g/mol. The van der Waals surface area contributed by atoms with Crippen LogP contribution in [0.2, 0.25) is 0 Å². The fourth-order valence-electron chi connectivity index (χ4n) is 4.45. The first-order chi connectivity index (χ1) is 12.6. The minimum atomic E-state index is -0.308. The molecule has 27 heavy (non-hydrogen) atoms. The minimum absolute atomic E-state index is 0. The van der Waals surface area contributed by atoms with E-state index in [1.165, 1.54) is 28.0 Å². The molecule has 5 heteroatoms. The third-order valence-corrected chi connectivity index (χ3v) is 5.71. The summed E-state index contributed by atoms with van der Waals surface area (Å²) in [7, 11) is 3.43. The van der Waals surface area contributed by atoms with Crippen molar-refractivity contribution in [2.24, 2.45) is 0 Å². The third-order valence-electron chi connectivity index (χ3n) is 5.71. The van der Waals surface area contributed by atoms with E-state index in [9.17, 15) is 4.79 Å². The number of ether oxygens (including phenoxy) is 1. The summed E-state index contributed by atoms with van der Waals surface area (Å²) in [6, 6.07) is 17.5. The van der Waals surface area contributed by atoms with Crippen molar-refractivity contribution in [2.75, 3.05) is 20.6 Å². The fraction of sp³-hybridized carbons (Fsp3) is 0.409. The number of hydrogen-bond donors (Lipinski definition) is 0. The molecule has 0 radical (unpaired) electrons. The quantitative estimate of drug-likeness (QED) is 0.780. The van der Waals surface area contributed by atoms with Gasteiger partial charge in [0.05, 0.1) is 0 Å². The maximum atomic E-state index is 12.0. The number of hydrogen-bond acceptors (Lipinski definition) is 3. The normalized spacial score (nSPS) is 21.0. The number of carbonyl (C=O) groups excluding carboxylic acids is 1. The van der Waals surface area contributed by atoms with E-state index in [0.717, 1.165) is 31.7 Å². The molecule has 0 N–H and O–H groups in total. The molecule has 144 valence electrons. The van der Waals surface area contributed by atoms with Crippen molar-refractivity contribution in [3.05, 3.63) is 65.2 Å². The number of amides is 1. The van der Waals surface area contributed by atoms with Crippen LogP contribution in [0.25, 0.3) is 0 Å². The first-order valence-corrected chi connectivity index (χ1v) is 9.42. The lowest BCUT2D eigenvalue weighted by Gasteiger charge is -2.34. The van der Waals surface area contributed by atoms with Gasteiger partial charge in [0.25, 0.3) is 0 Å². The molecule has 0 unspecified atom stereocenters. The lowest BCUT2D eigenvalue weighted by atomic mass is 9.79. The van der Waals surface area contributed by atoms with Gasteiger partial charge in [-0.3, -0.25) is 4.90 Å². The zero-order valence-electron chi connectivity index (χ0n) is 15.9. The maximum Gasteiger partial charge on any atom is 0.414 e. The molecule has 0 spiro atoms. The topological polar surface area (TPSA) is 32.8 Å². The zero-order chi connectivity index (χ0) is 18.1. The summed E-state index contributed by atoms with van der Waals surface area (Å²) >= 11 is 0. The highest BCUT2D eigenvalue weighted by atomic mass is 35.5. The molecular formula is C22H27ClN2O2. The average Bonchev–Trinajstić information content (AvgIpc) is 3.06. The van der Waals surface area contributed by atoms with Crippen LogP contribution in [0.3, 0.4) is 0 Å². The molecule has 4 nitrogen and oxygen atoms in total. The molecular weight excluding hydrogens is 360 g/mol. The van der Waals surface area contributed by atoms with E-state index in [1.807, 2.05) is 12.1 Å². The van der Waals surface area contributed by atoms with Crippen molar-refractivity contribution in [3.8, 4) is 5.75 Å². The lowest BCUT2D eigenvalue weighted by molar-refractivity contribution is 0.170. The molecule has 0 bridgehead atoms. The Hall–Kier alpha value is -2.04. The molecule has 2 aliphatic rings. The van der Waals surface area contributed by atoms with E-state index in [-0.39, 0.29) is 18.5 Å². The van der Waals surface area contributed by atoms with Crippen molar-refractivity contribution in [1.29, 1.82) is 0 Å². The number of carbonyl (C=O) groups is 1. The Morgan fingerprint density at radius 1 is 1.11 bits per heavy atom. The lowest BCUT2D eigenvalue weighted by Crippen LogP contribution is -2.35. The van der Waals surface area contributed by atoms with Crippen LogP contribution in [0.1, 0.15) is 35.4 Å². The Balaban J connectivity index is 0.00000210. The highest BCUT2D eigenvalue weighted by Crippen LogP contribution is 2.44. The van der Waals surface area contributed by atoms with Gasteiger partial charge in [-0.15, -0.1) is 12.4 Å². The Morgan fingerprint density at radius 2 is 1.89 bits per heavy atom. The first kappa shape index (κ1) is 19.7. The molecule has 2 atom stereocenters. The number of halogens is 1. The summed E-state index contributed by atoms with van der Waals surface area (Å²) in [4.78, 5) is 16.1. The molecule has 1 heterocycles. The van der Waals surface area contributed by atoms with E-state index in [1.54, 1.807) is 14.1 Å². The molecule has 1 aliphatic heterocycles. The van der Waals surface area contributed by atoms with Crippen molar-refractivity contribution < 1.29 is 9.53 Å². The van der Waals surface area contributed by atoms with Crippen LogP contribution in [-0.4, -0.2) is 42.6 Å². The number of likely N-dealkylation sites (tertiary alicyclic amines) is 1. The SMILES string of the molecule is CN(C)C(=O)Oc1cccc2c1CC[C@@H]1[C@H]2CCN1Cc1ccccc1.Cl. The van der Waals surface area contributed by atoms with Crippen LogP contribution in [0.5, 0.6) is 5.75 Å². The molecule has 1 amide bonds. The largest absolute Gasteiger partial charge is 0.414 e. The number of nitrogens with zero attached hydrogens (tertiary/aromatic N) is 2. The second-order valence-electron chi connectivity index (χ2n) is 7.54. The van der Waals surface area contributed by atoms with Crippen LogP contribution in [0.15, 0.2) is 48.5 Å². The number of rotatable bonds is 3. The fourth-order valence-corrected chi connectivity index (χ4v) is 4.45. The molecule has 0 aromatic heterocycles. The van der Waals surface area contributed by atoms with Gasteiger partial charge in [0.15, 0.2) is 0 Å². The van der Waals surface area contributed by atoms with Gasteiger partial charge in [-0.05, 0) is 48.6 Å². The van der Waals surface area contributed by atoms with Crippen LogP contribution >= 0.6 is 12.4 Å². The number of benzene rings is 2. The van der Waals surface area contributed by atoms with Crippen molar-refractivity contribution in [1.82, 2.24) is 9.80 Å². The summed E-state index contributed by atoms with van der Waals surface area (Å²) in [5, 5.41) is 0. The summed E-state index contributed by atoms with van der Waals surface area (Å²) in [6.07, 6.45) is 2.97. The molecule has 1 fully saturated rings. The number of fused-ring (bicyclic) bond motifs is 3. The summed E-state index contributed by atoms with van der Waals surface area (Å²) in [5.74, 6) is 1.28. The second-order valence-corrected chi connectivity index (χ2v) is 7.54. The van der Waals surface area contributed by atoms with E-state index >= 15 is 0 Å². The molecule has 1 aliphatic carbocycles. The first-order valence-electron chi connectivity index (χ1n) is 9.42. The highest BCUT2D eigenvalue weighted by Gasteiger charge is 2.39. The van der Waals surface area contributed by atoms with E-state index in [2.05, 4.69) is 41.3 Å². The summed E-state index contributed by atoms with van der Waals surface area (Å²) < 4.78 is 5.62. The molecule has 2 aromatic rings.